The number of aromatic nitrogens is 2. The first-order valence-electron chi connectivity index (χ1n) is 8.62. The van der Waals surface area contributed by atoms with Crippen LogP contribution in [-0.2, 0) is 6.54 Å². The van der Waals surface area contributed by atoms with Crippen LogP contribution in [0.15, 0.2) is 64.7 Å². The highest BCUT2D eigenvalue weighted by atomic mass is 32.1. The zero-order valence-electron chi connectivity index (χ0n) is 15.1. The molecule has 1 amide bonds. The molecule has 3 aromatic heterocycles. The molecule has 0 radical (unpaired) electrons. The molecule has 136 valence electrons. The Hall–Kier alpha value is -3.12. The SMILES string of the molecule is Cc1cc(C(=O)Nc2ccc(-c3nccs3)cc2)c(C)n1Cc1ccco1. The summed E-state index contributed by atoms with van der Waals surface area (Å²) in [5, 5.41) is 5.89. The second-order valence-corrected chi connectivity index (χ2v) is 7.21. The lowest BCUT2D eigenvalue weighted by atomic mass is 10.2. The average Bonchev–Trinajstić information content (AvgIpc) is 3.41. The molecule has 27 heavy (non-hydrogen) atoms. The highest BCUT2D eigenvalue weighted by molar-refractivity contribution is 7.13. The molecule has 0 saturated heterocycles. The number of carbonyl (C=O) groups is 1. The van der Waals surface area contributed by atoms with Crippen molar-refractivity contribution in [1.29, 1.82) is 0 Å². The molecule has 4 rings (SSSR count). The van der Waals surface area contributed by atoms with Crippen LogP contribution in [0.5, 0.6) is 0 Å². The van der Waals surface area contributed by atoms with Crippen LogP contribution in [0.3, 0.4) is 0 Å². The lowest BCUT2D eigenvalue weighted by molar-refractivity contribution is 0.102. The van der Waals surface area contributed by atoms with Gasteiger partial charge in [0.25, 0.3) is 5.91 Å². The van der Waals surface area contributed by atoms with E-state index >= 15 is 0 Å². The van der Waals surface area contributed by atoms with Crippen LogP contribution in [-0.4, -0.2) is 15.5 Å². The van der Waals surface area contributed by atoms with Crippen molar-refractivity contribution in [3.63, 3.8) is 0 Å². The summed E-state index contributed by atoms with van der Waals surface area (Å²) >= 11 is 1.59. The molecular formula is C21H19N3O2S. The average molecular weight is 377 g/mol. The van der Waals surface area contributed by atoms with E-state index in [-0.39, 0.29) is 5.91 Å². The van der Waals surface area contributed by atoms with Gasteiger partial charge in [0.15, 0.2) is 0 Å². The van der Waals surface area contributed by atoms with Crippen molar-refractivity contribution in [2.45, 2.75) is 20.4 Å². The quantitative estimate of drug-likeness (QED) is 0.525. The van der Waals surface area contributed by atoms with Crippen LogP contribution < -0.4 is 5.32 Å². The first-order chi connectivity index (χ1) is 13.1. The van der Waals surface area contributed by atoms with Crippen molar-refractivity contribution in [3.8, 4) is 10.6 Å². The molecule has 0 saturated carbocycles. The van der Waals surface area contributed by atoms with Crippen molar-refractivity contribution in [1.82, 2.24) is 9.55 Å². The van der Waals surface area contributed by atoms with Gasteiger partial charge in [-0.2, -0.15) is 0 Å². The van der Waals surface area contributed by atoms with Gasteiger partial charge in [-0.15, -0.1) is 11.3 Å². The van der Waals surface area contributed by atoms with E-state index in [1.54, 1.807) is 23.8 Å². The van der Waals surface area contributed by atoms with Gasteiger partial charge in [-0.1, -0.05) is 0 Å². The fourth-order valence-corrected chi connectivity index (χ4v) is 3.74. The summed E-state index contributed by atoms with van der Waals surface area (Å²) in [7, 11) is 0. The highest BCUT2D eigenvalue weighted by Gasteiger charge is 2.16. The van der Waals surface area contributed by atoms with Crippen LogP contribution in [0.25, 0.3) is 10.6 Å². The fraction of sp³-hybridized carbons (Fsp3) is 0.143. The van der Waals surface area contributed by atoms with Gasteiger partial charge in [-0.25, -0.2) is 4.98 Å². The molecule has 6 heteroatoms. The molecule has 0 spiro atoms. The third kappa shape index (κ3) is 3.57. The van der Waals surface area contributed by atoms with E-state index in [4.69, 9.17) is 4.42 Å². The summed E-state index contributed by atoms with van der Waals surface area (Å²) in [4.78, 5) is 17.1. The summed E-state index contributed by atoms with van der Waals surface area (Å²) in [6.07, 6.45) is 3.45. The van der Waals surface area contributed by atoms with Gasteiger partial charge in [0, 0.05) is 34.2 Å². The standard InChI is InChI=1S/C21H19N3O2S/c1-14-12-19(15(2)24(14)13-18-4-3-10-26-18)20(25)23-17-7-5-16(6-8-17)21-22-9-11-27-21/h3-12H,13H2,1-2H3,(H,23,25). The molecule has 0 aliphatic heterocycles. The van der Waals surface area contributed by atoms with Crippen molar-refractivity contribution < 1.29 is 9.21 Å². The lowest BCUT2D eigenvalue weighted by Gasteiger charge is -2.09. The van der Waals surface area contributed by atoms with E-state index < -0.39 is 0 Å². The normalized spacial score (nSPS) is 10.9. The molecule has 0 fully saturated rings. The van der Waals surface area contributed by atoms with E-state index in [0.29, 0.717) is 12.1 Å². The second-order valence-electron chi connectivity index (χ2n) is 6.32. The number of benzene rings is 1. The number of amides is 1. The molecule has 0 aliphatic carbocycles. The Morgan fingerprint density at radius 2 is 2.04 bits per heavy atom. The number of anilines is 1. The molecule has 3 heterocycles. The second kappa shape index (κ2) is 7.25. The van der Waals surface area contributed by atoms with Crippen LogP contribution in [0.1, 0.15) is 27.5 Å². The summed E-state index contributed by atoms with van der Waals surface area (Å²) in [5.41, 5.74) is 4.41. The largest absolute Gasteiger partial charge is 0.467 e. The first kappa shape index (κ1) is 17.3. The molecule has 0 aliphatic rings. The summed E-state index contributed by atoms with van der Waals surface area (Å²) < 4.78 is 7.51. The highest BCUT2D eigenvalue weighted by Crippen LogP contribution is 2.24. The maximum absolute atomic E-state index is 12.8. The zero-order valence-corrected chi connectivity index (χ0v) is 15.9. The van der Waals surface area contributed by atoms with Crippen LogP contribution in [0, 0.1) is 13.8 Å². The summed E-state index contributed by atoms with van der Waals surface area (Å²) in [6.45, 7) is 4.56. The smallest absolute Gasteiger partial charge is 0.257 e. The van der Waals surface area contributed by atoms with Gasteiger partial charge >= 0.3 is 0 Å². The van der Waals surface area contributed by atoms with Crippen molar-refractivity contribution >= 4 is 22.9 Å². The minimum Gasteiger partial charge on any atom is -0.467 e. The lowest BCUT2D eigenvalue weighted by Crippen LogP contribution is -2.13. The van der Waals surface area contributed by atoms with Gasteiger partial charge in [0.05, 0.1) is 18.4 Å². The number of rotatable bonds is 5. The number of nitrogens with one attached hydrogen (secondary N) is 1. The minimum absolute atomic E-state index is 0.115. The fourth-order valence-electron chi connectivity index (χ4n) is 3.09. The number of aryl methyl sites for hydroxylation is 1. The molecule has 5 nitrogen and oxygen atoms in total. The molecule has 1 aromatic carbocycles. The summed E-state index contributed by atoms with van der Waals surface area (Å²) in [5.74, 6) is 0.748. The van der Waals surface area contributed by atoms with E-state index in [9.17, 15) is 4.79 Å². The van der Waals surface area contributed by atoms with E-state index in [0.717, 1.165) is 33.4 Å². The van der Waals surface area contributed by atoms with Crippen LogP contribution in [0.2, 0.25) is 0 Å². The van der Waals surface area contributed by atoms with Crippen LogP contribution in [0.4, 0.5) is 5.69 Å². The van der Waals surface area contributed by atoms with E-state index in [1.807, 2.05) is 61.7 Å². The van der Waals surface area contributed by atoms with Crippen LogP contribution >= 0.6 is 11.3 Å². The third-order valence-electron chi connectivity index (χ3n) is 4.53. The molecular weight excluding hydrogens is 358 g/mol. The molecule has 0 unspecified atom stereocenters. The Labute approximate surface area is 161 Å². The maximum Gasteiger partial charge on any atom is 0.257 e. The Balaban J connectivity index is 1.51. The Kier molecular flexibility index (Phi) is 4.64. The number of hydrogen-bond donors (Lipinski definition) is 1. The van der Waals surface area contributed by atoms with Gasteiger partial charge < -0.3 is 14.3 Å². The molecule has 0 bridgehead atoms. The Bertz CT molecular complexity index is 1050. The number of nitrogens with zero attached hydrogens (tertiary/aromatic N) is 2. The minimum atomic E-state index is -0.115. The Morgan fingerprint density at radius 3 is 2.70 bits per heavy atom. The number of furan rings is 1. The zero-order chi connectivity index (χ0) is 18.8. The topological polar surface area (TPSA) is 60.1 Å². The number of thiazole rings is 1. The van der Waals surface area contributed by atoms with Crippen molar-refractivity contribution in [2.24, 2.45) is 0 Å². The van der Waals surface area contributed by atoms with Gasteiger partial charge in [-0.3, -0.25) is 4.79 Å². The molecule has 4 aromatic rings. The number of carbonyl (C=O) groups excluding carboxylic acids is 1. The predicted octanol–water partition coefficient (Wildman–Crippen LogP) is 5.12. The Morgan fingerprint density at radius 1 is 1.22 bits per heavy atom. The maximum atomic E-state index is 12.8. The summed E-state index contributed by atoms with van der Waals surface area (Å²) in [6, 6.07) is 13.4. The van der Waals surface area contributed by atoms with E-state index in [2.05, 4.69) is 14.9 Å². The molecule has 0 atom stereocenters. The predicted molar refractivity (Wildman–Crippen MR) is 107 cm³/mol. The number of hydrogen-bond acceptors (Lipinski definition) is 4. The monoisotopic (exact) mass is 377 g/mol. The van der Waals surface area contributed by atoms with Gasteiger partial charge in [0.2, 0.25) is 0 Å². The van der Waals surface area contributed by atoms with Gasteiger partial charge in [-0.05, 0) is 56.3 Å². The molecule has 1 N–H and O–H groups in total. The van der Waals surface area contributed by atoms with Crippen molar-refractivity contribution in [2.75, 3.05) is 5.32 Å². The first-order valence-corrected chi connectivity index (χ1v) is 9.50. The third-order valence-corrected chi connectivity index (χ3v) is 5.36. The van der Waals surface area contributed by atoms with E-state index in [1.165, 1.54) is 0 Å². The van der Waals surface area contributed by atoms with Gasteiger partial charge in [0.1, 0.15) is 10.8 Å². The van der Waals surface area contributed by atoms with Crippen molar-refractivity contribution in [3.05, 3.63) is 83.0 Å².